The normalized spacial score (nSPS) is 19.0. The fourth-order valence-electron chi connectivity index (χ4n) is 3.84. The third kappa shape index (κ3) is 5.05. The van der Waals surface area contributed by atoms with Crippen molar-refractivity contribution in [3.63, 3.8) is 0 Å². The van der Waals surface area contributed by atoms with Gasteiger partial charge in [0.2, 0.25) is 0 Å². The lowest BCUT2D eigenvalue weighted by Crippen LogP contribution is -2.59. The average molecular weight is 475 g/mol. The maximum atomic E-state index is 13.5. The van der Waals surface area contributed by atoms with Crippen LogP contribution in [0, 0.1) is 0 Å². The molecule has 0 radical (unpaired) electrons. The van der Waals surface area contributed by atoms with Crippen LogP contribution in [0.15, 0.2) is 34.9 Å². The van der Waals surface area contributed by atoms with Crippen LogP contribution < -0.4 is 10.1 Å². The topological polar surface area (TPSA) is 110 Å². The summed E-state index contributed by atoms with van der Waals surface area (Å²) < 4.78 is 17.0. The molecule has 1 aromatic carbocycles. The van der Waals surface area contributed by atoms with E-state index in [0.29, 0.717) is 40.5 Å². The molecule has 1 aliphatic rings. The molecule has 2 aromatic heterocycles. The average Bonchev–Trinajstić information content (AvgIpc) is 3.18. The molecule has 0 saturated carbocycles. The van der Waals surface area contributed by atoms with Crippen molar-refractivity contribution in [3.05, 3.63) is 46.7 Å². The zero-order valence-corrected chi connectivity index (χ0v) is 19.7. The summed E-state index contributed by atoms with van der Waals surface area (Å²) in [5, 5.41) is 14.3. The highest BCUT2D eigenvalue weighted by Crippen LogP contribution is 2.32. The van der Waals surface area contributed by atoms with Gasteiger partial charge in [-0.2, -0.15) is 4.98 Å². The summed E-state index contributed by atoms with van der Waals surface area (Å²) in [4.78, 5) is 23.8. The molecule has 1 aliphatic heterocycles. The molecule has 1 amide bonds. The Labute approximate surface area is 196 Å². The third-order valence-corrected chi connectivity index (χ3v) is 5.80. The van der Waals surface area contributed by atoms with E-state index in [1.54, 1.807) is 49.2 Å². The van der Waals surface area contributed by atoms with Gasteiger partial charge in [0.1, 0.15) is 5.52 Å². The first-order chi connectivity index (χ1) is 15.7. The van der Waals surface area contributed by atoms with Crippen molar-refractivity contribution < 1.29 is 23.8 Å². The second-order valence-corrected chi connectivity index (χ2v) is 9.07. The number of oxazole rings is 1. The second kappa shape index (κ2) is 9.17. The molecule has 10 heteroatoms. The number of hydrogen-bond acceptors (Lipinski definition) is 8. The van der Waals surface area contributed by atoms with Crippen molar-refractivity contribution in [2.45, 2.75) is 45.1 Å². The minimum absolute atomic E-state index is 0.138. The summed E-state index contributed by atoms with van der Waals surface area (Å²) in [6.45, 7) is 6.23. The molecular formula is C23H27ClN4O5. The number of anilines is 1. The molecule has 9 nitrogen and oxygen atoms in total. The second-order valence-electron chi connectivity index (χ2n) is 8.64. The van der Waals surface area contributed by atoms with E-state index >= 15 is 0 Å². The van der Waals surface area contributed by atoms with E-state index in [-0.39, 0.29) is 24.6 Å². The Balaban J connectivity index is 1.62. The van der Waals surface area contributed by atoms with Gasteiger partial charge in [-0.15, -0.1) is 0 Å². The highest BCUT2D eigenvalue weighted by atomic mass is 35.5. The molecule has 1 fully saturated rings. The highest BCUT2D eigenvalue weighted by Gasteiger charge is 2.40. The number of pyridine rings is 1. The Kier molecular flexibility index (Phi) is 6.47. The van der Waals surface area contributed by atoms with Crippen LogP contribution >= 0.6 is 11.6 Å². The number of aromatic nitrogens is 2. The first-order valence-electron chi connectivity index (χ1n) is 10.6. The monoisotopic (exact) mass is 474 g/mol. The molecule has 3 aromatic rings. The molecule has 2 atom stereocenters. The quantitative estimate of drug-likeness (QED) is 0.558. The van der Waals surface area contributed by atoms with E-state index in [4.69, 9.17) is 25.5 Å². The van der Waals surface area contributed by atoms with Crippen molar-refractivity contribution >= 4 is 34.6 Å². The number of methoxy groups -OCH3 is 1. The Bertz CT molecular complexity index is 1160. The Morgan fingerprint density at radius 3 is 2.88 bits per heavy atom. The number of morpholine rings is 1. The number of ether oxygens (including phenoxy) is 2. The zero-order chi connectivity index (χ0) is 23.8. The van der Waals surface area contributed by atoms with Gasteiger partial charge in [0.15, 0.2) is 11.3 Å². The number of hydrogen-bond donors (Lipinski definition) is 2. The van der Waals surface area contributed by atoms with Crippen LogP contribution in [0.4, 0.5) is 6.01 Å². The highest BCUT2D eigenvalue weighted by molar-refractivity contribution is 6.30. The van der Waals surface area contributed by atoms with Gasteiger partial charge in [-0.1, -0.05) is 11.6 Å². The van der Waals surface area contributed by atoms with E-state index in [1.165, 1.54) is 7.11 Å². The standard InChI is InChI=1S/C23H27ClN4O5/c1-13-11-28(19(12-32-13)23(2,3)30)21(29)14-7-17-20(18(8-14)31-4)33-22(27-17)26-10-16-9-15(24)5-6-25-16/h5-9,13,19,30H,10-12H2,1-4H3,(H,26,27). The number of nitrogens with zero attached hydrogens (tertiary/aromatic N) is 3. The van der Waals surface area contributed by atoms with Crippen LogP contribution in [0.25, 0.3) is 11.1 Å². The molecule has 3 heterocycles. The minimum Gasteiger partial charge on any atom is -0.493 e. The van der Waals surface area contributed by atoms with E-state index in [1.807, 2.05) is 6.92 Å². The summed E-state index contributed by atoms with van der Waals surface area (Å²) in [6, 6.07) is 6.52. The molecule has 2 unspecified atom stereocenters. The first kappa shape index (κ1) is 23.3. The van der Waals surface area contributed by atoms with Gasteiger partial charge >= 0.3 is 0 Å². The van der Waals surface area contributed by atoms with Crippen molar-refractivity contribution in [3.8, 4) is 5.75 Å². The van der Waals surface area contributed by atoms with Crippen molar-refractivity contribution in [1.29, 1.82) is 0 Å². The fraction of sp³-hybridized carbons (Fsp3) is 0.435. The third-order valence-electron chi connectivity index (χ3n) is 5.57. The van der Waals surface area contributed by atoms with Gasteiger partial charge in [0, 0.05) is 23.3 Å². The van der Waals surface area contributed by atoms with Gasteiger partial charge in [0.05, 0.1) is 43.7 Å². The molecule has 176 valence electrons. The van der Waals surface area contributed by atoms with Crippen LogP contribution in [-0.2, 0) is 11.3 Å². The summed E-state index contributed by atoms with van der Waals surface area (Å²) >= 11 is 6.01. The summed E-state index contributed by atoms with van der Waals surface area (Å²) in [7, 11) is 1.50. The lowest BCUT2D eigenvalue weighted by atomic mass is 9.95. The van der Waals surface area contributed by atoms with E-state index in [2.05, 4.69) is 15.3 Å². The van der Waals surface area contributed by atoms with Gasteiger partial charge in [-0.05, 0) is 45.0 Å². The molecular weight excluding hydrogens is 448 g/mol. The SMILES string of the molecule is COc1cc(C(=O)N2CC(C)OCC2C(C)(C)O)cc2nc(NCc3cc(Cl)ccn3)oc12. The molecule has 1 saturated heterocycles. The molecule has 33 heavy (non-hydrogen) atoms. The van der Waals surface area contributed by atoms with Gasteiger partial charge in [0.25, 0.3) is 11.9 Å². The Morgan fingerprint density at radius 2 is 2.18 bits per heavy atom. The van der Waals surface area contributed by atoms with Gasteiger partial charge < -0.3 is 29.2 Å². The minimum atomic E-state index is -1.12. The van der Waals surface area contributed by atoms with Gasteiger partial charge in [-0.3, -0.25) is 9.78 Å². The molecule has 0 bridgehead atoms. The van der Waals surface area contributed by atoms with Crippen molar-refractivity contribution in [2.24, 2.45) is 0 Å². The summed E-state index contributed by atoms with van der Waals surface area (Å²) in [5.41, 5.74) is 0.889. The summed E-state index contributed by atoms with van der Waals surface area (Å²) in [5.74, 6) is 0.150. The lowest BCUT2D eigenvalue weighted by Gasteiger charge is -2.44. The maximum absolute atomic E-state index is 13.5. The number of nitrogens with one attached hydrogen (secondary N) is 1. The molecule has 2 N–H and O–H groups in total. The Hall–Kier alpha value is -2.88. The van der Waals surface area contributed by atoms with Crippen molar-refractivity contribution in [1.82, 2.24) is 14.9 Å². The number of amides is 1. The number of fused-ring (bicyclic) bond motifs is 1. The Morgan fingerprint density at radius 1 is 1.39 bits per heavy atom. The number of aliphatic hydroxyl groups is 1. The molecule has 0 spiro atoms. The largest absolute Gasteiger partial charge is 0.493 e. The van der Waals surface area contributed by atoms with Crippen LogP contribution in [0.1, 0.15) is 36.8 Å². The van der Waals surface area contributed by atoms with Gasteiger partial charge in [-0.25, -0.2) is 0 Å². The number of benzene rings is 1. The first-order valence-corrected chi connectivity index (χ1v) is 11.0. The van der Waals surface area contributed by atoms with Crippen LogP contribution in [0.2, 0.25) is 5.02 Å². The fourth-order valence-corrected chi connectivity index (χ4v) is 4.02. The van der Waals surface area contributed by atoms with E-state index < -0.39 is 11.6 Å². The van der Waals surface area contributed by atoms with Crippen LogP contribution in [-0.4, -0.2) is 63.9 Å². The number of halogens is 1. The van der Waals surface area contributed by atoms with Crippen LogP contribution in [0.5, 0.6) is 5.75 Å². The van der Waals surface area contributed by atoms with E-state index in [9.17, 15) is 9.90 Å². The van der Waals surface area contributed by atoms with E-state index in [0.717, 1.165) is 5.69 Å². The van der Waals surface area contributed by atoms with Crippen LogP contribution in [0.3, 0.4) is 0 Å². The summed E-state index contributed by atoms with van der Waals surface area (Å²) in [6.07, 6.45) is 1.49. The number of carbonyl (C=O) groups excluding carboxylic acids is 1. The zero-order valence-electron chi connectivity index (χ0n) is 19.0. The maximum Gasteiger partial charge on any atom is 0.296 e. The van der Waals surface area contributed by atoms with Crippen molar-refractivity contribution in [2.75, 3.05) is 25.6 Å². The predicted molar refractivity (Wildman–Crippen MR) is 124 cm³/mol. The smallest absolute Gasteiger partial charge is 0.296 e. The predicted octanol–water partition coefficient (Wildman–Crippen LogP) is 3.50. The number of carbonyl (C=O) groups is 1. The molecule has 4 rings (SSSR count). The number of rotatable bonds is 6. The lowest BCUT2D eigenvalue weighted by molar-refractivity contribution is -0.106. The molecule has 0 aliphatic carbocycles.